The molecule has 0 saturated heterocycles. The van der Waals surface area contributed by atoms with Crippen LogP contribution in [0.1, 0.15) is 16.7 Å². The molecule has 0 unspecified atom stereocenters. The van der Waals surface area contributed by atoms with Crippen LogP contribution < -0.4 is 0 Å². The van der Waals surface area contributed by atoms with E-state index in [1.807, 2.05) is 18.2 Å². The van der Waals surface area contributed by atoms with E-state index in [9.17, 15) is 0 Å². The second-order valence-electron chi connectivity index (χ2n) is 14.9. The molecule has 0 aliphatic heterocycles. The number of hydrogen-bond acceptors (Lipinski definition) is 2. The number of aromatic nitrogens is 1. The number of nitrogens with zero attached hydrogens (tertiary/aromatic N) is 4. The topological polar surface area (TPSA) is 55.1 Å². The monoisotopic (exact) mass is 756 g/mol. The predicted molar refractivity (Wildman–Crippen MR) is 248 cm³/mol. The molecule has 0 radical (unpaired) electrons. The quantitative estimate of drug-likeness (QED) is 0.123. The van der Waals surface area contributed by atoms with Crippen molar-refractivity contribution in [2.45, 2.75) is 6.54 Å². The SMILES string of the molecule is C=N/C(=N\C(=N/Cc1ccc2c(c1)oc1c(-n3c4ccccc4c4ccc(-c5ccccc5)cc43)cccc12)c1ccc2ccccc2c1)c1ccc2ccccc2c1. The third-order valence-corrected chi connectivity index (χ3v) is 11.4. The molecule has 2 heterocycles. The molecule has 9 aromatic carbocycles. The first-order chi connectivity index (χ1) is 29.2. The Labute approximate surface area is 340 Å². The largest absolute Gasteiger partial charge is 0.454 e. The Bertz CT molecular complexity index is 3500. The second kappa shape index (κ2) is 14.2. The first kappa shape index (κ1) is 34.4. The third-order valence-electron chi connectivity index (χ3n) is 11.4. The van der Waals surface area contributed by atoms with Gasteiger partial charge in [-0.15, -0.1) is 0 Å². The summed E-state index contributed by atoms with van der Waals surface area (Å²) in [7, 11) is 0. The fourth-order valence-corrected chi connectivity index (χ4v) is 8.45. The van der Waals surface area contributed by atoms with Crippen molar-refractivity contribution in [3.63, 3.8) is 0 Å². The van der Waals surface area contributed by atoms with E-state index >= 15 is 0 Å². The first-order valence-electron chi connectivity index (χ1n) is 19.8. The fraction of sp³-hybridized carbons (Fsp3) is 0.0185. The van der Waals surface area contributed by atoms with Crippen LogP contribution in [-0.4, -0.2) is 23.0 Å². The minimum Gasteiger partial charge on any atom is -0.454 e. The summed E-state index contributed by atoms with van der Waals surface area (Å²) < 4.78 is 9.20. The van der Waals surface area contributed by atoms with Crippen molar-refractivity contribution < 1.29 is 4.42 Å². The normalized spacial score (nSPS) is 12.4. The molecular weight excluding hydrogens is 721 g/mol. The molecule has 0 saturated carbocycles. The summed E-state index contributed by atoms with van der Waals surface area (Å²) in [4.78, 5) is 14.7. The number of aliphatic imine (C=N–C) groups is 3. The van der Waals surface area contributed by atoms with Gasteiger partial charge in [-0.25, -0.2) is 9.98 Å². The summed E-state index contributed by atoms with van der Waals surface area (Å²) in [5, 5.41) is 9.07. The zero-order valence-corrected chi connectivity index (χ0v) is 32.1. The van der Waals surface area contributed by atoms with Gasteiger partial charge in [-0.1, -0.05) is 158 Å². The molecule has 0 bridgehead atoms. The van der Waals surface area contributed by atoms with Gasteiger partial charge in [-0.3, -0.25) is 4.99 Å². The van der Waals surface area contributed by atoms with Crippen molar-refractivity contribution in [1.29, 1.82) is 0 Å². The van der Waals surface area contributed by atoms with Gasteiger partial charge in [0.15, 0.2) is 17.3 Å². The minimum absolute atomic E-state index is 0.392. The maximum Gasteiger partial charge on any atom is 0.161 e. The van der Waals surface area contributed by atoms with Gasteiger partial charge in [0.25, 0.3) is 0 Å². The highest BCUT2D eigenvalue weighted by Gasteiger charge is 2.19. The van der Waals surface area contributed by atoms with Crippen LogP contribution in [0.2, 0.25) is 0 Å². The zero-order chi connectivity index (χ0) is 39.3. The van der Waals surface area contributed by atoms with Crippen molar-refractivity contribution >= 4 is 83.7 Å². The summed E-state index contributed by atoms with van der Waals surface area (Å²) in [5.74, 6) is 1.10. The van der Waals surface area contributed by atoms with Crippen LogP contribution in [0.3, 0.4) is 0 Å². The van der Waals surface area contributed by atoms with Crippen molar-refractivity contribution in [3.05, 3.63) is 211 Å². The fourth-order valence-electron chi connectivity index (χ4n) is 8.45. The highest BCUT2D eigenvalue weighted by Crippen LogP contribution is 2.39. The Morgan fingerprint density at radius 1 is 0.475 bits per heavy atom. The molecule has 0 atom stereocenters. The van der Waals surface area contributed by atoms with Crippen LogP contribution in [0, 0.1) is 0 Å². The Kier molecular flexibility index (Phi) is 8.30. The summed E-state index contributed by atoms with van der Waals surface area (Å²) >= 11 is 0. The van der Waals surface area contributed by atoms with E-state index in [1.165, 1.54) is 21.9 Å². The number of benzene rings is 9. The van der Waals surface area contributed by atoms with Gasteiger partial charge < -0.3 is 8.98 Å². The Balaban J connectivity index is 1.02. The molecule has 0 amide bonds. The van der Waals surface area contributed by atoms with E-state index in [0.717, 1.165) is 76.9 Å². The summed E-state index contributed by atoms with van der Waals surface area (Å²) in [6.07, 6.45) is 0. The Morgan fingerprint density at radius 3 is 1.88 bits per heavy atom. The first-order valence-corrected chi connectivity index (χ1v) is 19.8. The number of amidine groups is 2. The molecule has 0 fully saturated rings. The number of fused-ring (bicyclic) bond motifs is 8. The highest BCUT2D eigenvalue weighted by atomic mass is 16.3. The second-order valence-corrected chi connectivity index (χ2v) is 14.9. The Hall–Kier alpha value is -7.89. The smallest absolute Gasteiger partial charge is 0.161 e. The predicted octanol–water partition coefficient (Wildman–Crippen LogP) is 13.8. The number of rotatable bonds is 6. The average molecular weight is 757 g/mol. The van der Waals surface area contributed by atoms with Crippen LogP contribution in [0.5, 0.6) is 0 Å². The molecular formula is C54H36N4O. The van der Waals surface area contributed by atoms with E-state index < -0.39 is 0 Å². The lowest BCUT2D eigenvalue weighted by Crippen LogP contribution is -2.05. The lowest BCUT2D eigenvalue weighted by atomic mass is 10.0. The van der Waals surface area contributed by atoms with Gasteiger partial charge in [0, 0.05) is 32.7 Å². The molecule has 5 nitrogen and oxygen atoms in total. The maximum atomic E-state index is 6.86. The van der Waals surface area contributed by atoms with E-state index in [-0.39, 0.29) is 0 Å². The standard InChI is InChI=1S/C54H36N4O/c1-55-53(42-25-23-37-14-5-7-16-39(37)31-42)57-54(43-26-24-38-15-6-8-17-40(38)32-43)56-34-35-22-28-46-47-19-11-21-49(52(47)59-51(46)30-35)58-48-20-10-9-18-44(48)45-29-27-41(33-50(45)58)36-12-3-2-4-13-36/h2-33H,1,34H2/b56-54-,57-53-. The minimum atomic E-state index is 0.392. The molecule has 59 heavy (non-hydrogen) atoms. The van der Waals surface area contributed by atoms with Crippen molar-refractivity contribution in [1.82, 2.24) is 4.57 Å². The van der Waals surface area contributed by atoms with Crippen LogP contribution in [0.25, 0.3) is 82.1 Å². The van der Waals surface area contributed by atoms with Crippen LogP contribution in [0.15, 0.2) is 214 Å². The maximum absolute atomic E-state index is 6.86. The molecule has 278 valence electrons. The van der Waals surface area contributed by atoms with Crippen molar-refractivity contribution in [2.75, 3.05) is 0 Å². The van der Waals surface area contributed by atoms with E-state index in [1.54, 1.807) is 0 Å². The van der Waals surface area contributed by atoms with Gasteiger partial charge >= 0.3 is 0 Å². The van der Waals surface area contributed by atoms with Gasteiger partial charge in [0.2, 0.25) is 0 Å². The van der Waals surface area contributed by atoms with Crippen LogP contribution >= 0.6 is 0 Å². The number of furan rings is 1. The Morgan fingerprint density at radius 2 is 1.12 bits per heavy atom. The lowest BCUT2D eigenvalue weighted by Gasteiger charge is -2.09. The third kappa shape index (κ3) is 6.08. The van der Waals surface area contributed by atoms with Gasteiger partial charge in [0.1, 0.15) is 5.58 Å². The molecule has 2 aromatic heterocycles. The molecule has 0 spiro atoms. The van der Waals surface area contributed by atoms with Gasteiger partial charge in [-0.2, -0.15) is 0 Å². The molecule has 11 rings (SSSR count). The number of para-hydroxylation sites is 2. The van der Waals surface area contributed by atoms with Gasteiger partial charge in [0.05, 0.1) is 23.3 Å². The number of hydrogen-bond donors (Lipinski definition) is 0. The summed E-state index contributed by atoms with van der Waals surface area (Å²) in [6.45, 7) is 4.31. The molecule has 0 aliphatic rings. The molecule has 0 aliphatic carbocycles. The lowest BCUT2D eigenvalue weighted by molar-refractivity contribution is 0.665. The van der Waals surface area contributed by atoms with E-state index in [0.29, 0.717) is 18.2 Å². The summed E-state index contributed by atoms with van der Waals surface area (Å²) in [5.41, 5.74) is 10.1. The van der Waals surface area contributed by atoms with Crippen LogP contribution in [-0.2, 0) is 6.54 Å². The van der Waals surface area contributed by atoms with Gasteiger partial charge in [-0.05, 0) is 81.4 Å². The van der Waals surface area contributed by atoms with E-state index in [4.69, 9.17) is 14.4 Å². The zero-order valence-electron chi connectivity index (χ0n) is 32.1. The molecule has 5 heteroatoms. The summed E-state index contributed by atoms with van der Waals surface area (Å²) in [6, 6.07) is 67.9. The van der Waals surface area contributed by atoms with Crippen molar-refractivity contribution in [2.24, 2.45) is 15.0 Å². The molecule has 11 aromatic rings. The van der Waals surface area contributed by atoms with Crippen LogP contribution in [0.4, 0.5) is 0 Å². The van der Waals surface area contributed by atoms with E-state index in [2.05, 4.69) is 192 Å². The van der Waals surface area contributed by atoms with Crippen molar-refractivity contribution in [3.8, 4) is 16.8 Å². The highest BCUT2D eigenvalue weighted by molar-refractivity contribution is 6.15. The molecule has 0 N–H and O–H groups in total. The average Bonchev–Trinajstić information content (AvgIpc) is 3.84.